The molecule has 1 fully saturated rings. The fraction of sp³-hybridized carbons (Fsp3) is 0.500. The molecule has 1 N–H and O–H groups in total. The molecule has 0 radical (unpaired) electrons. The van der Waals surface area contributed by atoms with Crippen molar-refractivity contribution >= 4 is 11.6 Å². The van der Waals surface area contributed by atoms with Crippen LogP contribution < -0.4 is 5.32 Å². The Hall–Kier alpha value is -1.51. The lowest BCUT2D eigenvalue weighted by Gasteiger charge is -2.29. The highest BCUT2D eigenvalue weighted by molar-refractivity contribution is 5.88. The van der Waals surface area contributed by atoms with E-state index in [1.54, 1.807) is 0 Å². The van der Waals surface area contributed by atoms with Gasteiger partial charge in [0.05, 0.1) is 5.92 Å². The molecule has 0 spiro atoms. The van der Waals surface area contributed by atoms with Gasteiger partial charge in [-0.15, -0.1) is 0 Å². The number of nitrogens with zero attached hydrogens (tertiary/aromatic N) is 1. The first-order chi connectivity index (χ1) is 8.36. The van der Waals surface area contributed by atoms with E-state index >= 15 is 0 Å². The molecule has 0 bridgehead atoms. The fourth-order valence-electron chi connectivity index (χ4n) is 2.84. The Labute approximate surface area is 102 Å². The molecular formula is C14H18N2O. The SMILES string of the molecule is O=C(C1CNc2ccccc21)N1CCCCC1. The first-order valence-electron chi connectivity index (χ1n) is 6.48. The van der Waals surface area contributed by atoms with Gasteiger partial charge in [-0.1, -0.05) is 18.2 Å². The summed E-state index contributed by atoms with van der Waals surface area (Å²) in [4.78, 5) is 14.5. The Kier molecular flexibility index (Phi) is 2.75. The minimum atomic E-state index is 0.0318. The lowest BCUT2D eigenvalue weighted by molar-refractivity contribution is -0.133. The van der Waals surface area contributed by atoms with Crippen LogP contribution in [0.25, 0.3) is 0 Å². The van der Waals surface area contributed by atoms with Crippen LogP contribution in [0, 0.1) is 0 Å². The van der Waals surface area contributed by atoms with E-state index < -0.39 is 0 Å². The van der Waals surface area contributed by atoms with Crippen LogP contribution in [0.1, 0.15) is 30.7 Å². The van der Waals surface area contributed by atoms with E-state index in [4.69, 9.17) is 0 Å². The molecule has 1 atom stereocenters. The fourth-order valence-corrected chi connectivity index (χ4v) is 2.84. The normalized spacial score (nSPS) is 23.1. The van der Waals surface area contributed by atoms with Crippen LogP contribution in [-0.2, 0) is 4.79 Å². The third-order valence-electron chi connectivity index (χ3n) is 3.80. The van der Waals surface area contributed by atoms with Gasteiger partial charge in [0.25, 0.3) is 0 Å². The number of para-hydroxylation sites is 1. The van der Waals surface area contributed by atoms with Crippen LogP contribution in [0.2, 0.25) is 0 Å². The zero-order valence-corrected chi connectivity index (χ0v) is 9.98. The van der Waals surface area contributed by atoms with Crippen LogP contribution in [0.3, 0.4) is 0 Å². The summed E-state index contributed by atoms with van der Waals surface area (Å²) in [6.45, 7) is 2.64. The minimum absolute atomic E-state index is 0.0318. The molecule has 0 aromatic heterocycles. The molecule has 0 aliphatic carbocycles. The van der Waals surface area contributed by atoms with Crippen LogP contribution in [0.5, 0.6) is 0 Å². The molecule has 1 aromatic rings. The van der Waals surface area contributed by atoms with Crippen molar-refractivity contribution in [1.29, 1.82) is 0 Å². The van der Waals surface area contributed by atoms with Gasteiger partial charge in [0.1, 0.15) is 0 Å². The summed E-state index contributed by atoms with van der Waals surface area (Å²) in [6.07, 6.45) is 3.59. The molecule has 2 heterocycles. The summed E-state index contributed by atoms with van der Waals surface area (Å²) in [6, 6.07) is 8.16. The van der Waals surface area contributed by atoms with E-state index in [1.807, 2.05) is 17.0 Å². The predicted molar refractivity (Wildman–Crippen MR) is 68.1 cm³/mol. The van der Waals surface area contributed by atoms with Crippen LogP contribution >= 0.6 is 0 Å². The Bertz CT molecular complexity index is 424. The minimum Gasteiger partial charge on any atom is -0.384 e. The summed E-state index contributed by atoms with van der Waals surface area (Å²) in [5.41, 5.74) is 2.30. The zero-order chi connectivity index (χ0) is 11.7. The van der Waals surface area contributed by atoms with Crippen molar-refractivity contribution in [1.82, 2.24) is 4.90 Å². The summed E-state index contributed by atoms with van der Waals surface area (Å²) in [7, 11) is 0. The number of benzene rings is 1. The Morgan fingerprint density at radius 2 is 1.94 bits per heavy atom. The molecule has 90 valence electrons. The number of rotatable bonds is 1. The second kappa shape index (κ2) is 4.40. The number of anilines is 1. The number of carbonyl (C=O) groups is 1. The van der Waals surface area contributed by atoms with Gasteiger partial charge in [0.2, 0.25) is 5.91 Å². The molecule has 1 amide bonds. The lowest BCUT2D eigenvalue weighted by atomic mass is 9.98. The maximum Gasteiger partial charge on any atom is 0.231 e. The largest absolute Gasteiger partial charge is 0.384 e. The molecule has 3 nitrogen and oxygen atoms in total. The van der Waals surface area contributed by atoms with Crippen molar-refractivity contribution in [2.45, 2.75) is 25.2 Å². The molecule has 1 aromatic carbocycles. The number of fused-ring (bicyclic) bond motifs is 1. The van der Waals surface area contributed by atoms with Crippen molar-refractivity contribution < 1.29 is 4.79 Å². The van der Waals surface area contributed by atoms with E-state index in [0.29, 0.717) is 5.91 Å². The Morgan fingerprint density at radius 3 is 2.76 bits per heavy atom. The number of likely N-dealkylation sites (tertiary alicyclic amines) is 1. The molecule has 1 saturated heterocycles. The lowest BCUT2D eigenvalue weighted by Crippen LogP contribution is -2.39. The summed E-state index contributed by atoms with van der Waals surface area (Å²) in [5.74, 6) is 0.339. The predicted octanol–water partition coefficient (Wildman–Crippen LogP) is 2.21. The summed E-state index contributed by atoms with van der Waals surface area (Å²) in [5, 5.41) is 3.32. The molecule has 0 saturated carbocycles. The molecule has 2 aliphatic rings. The van der Waals surface area contributed by atoms with Crippen LogP contribution in [0.15, 0.2) is 24.3 Å². The van der Waals surface area contributed by atoms with Crippen LogP contribution in [-0.4, -0.2) is 30.4 Å². The Morgan fingerprint density at radius 1 is 1.18 bits per heavy atom. The second-order valence-corrected chi connectivity index (χ2v) is 4.91. The molecule has 3 rings (SSSR count). The third kappa shape index (κ3) is 1.90. The van der Waals surface area contributed by atoms with E-state index in [-0.39, 0.29) is 5.92 Å². The van der Waals surface area contributed by atoms with E-state index in [2.05, 4.69) is 17.4 Å². The Balaban J connectivity index is 1.79. The molecule has 17 heavy (non-hydrogen) atoms. The van der Waals surface area contributed by atoms with Gasteiger partial charge >= 0.3 is 0 Å². The van der Waals surface area contributed by atoms with Gasteiger partial charge in [-0.25, -0.2) is 0 Å². The van der Waals surface area contributed by atoms with Gasteiger partial charge in [-0.3, -0.25) is 4.79 Å². The smallest absolute Gasteiger partial charge is 0.231 e. The number of piperidine rings is 1. The van der Waals surface area contributed by atoms with Gasteiger partial charge < -0.3 is 10.2 Å². The number of hydrogen-bond acceptors (Lipinski definition) is 2. The maximum atomic E-state index is 12.4. The van der Waals surface area contributed by atoms with Crippen molar-refractivity contribution in [2.24, 2.45) is 0 Å². The first kappa shape index (κ1) is 10.6. The molecular weight excluding hydrogens is 212 g/mol. The highest BCUT2D eigenvalue weighted by atomic mass is 16.2. The second-order valence-electron chi connectivity index (χ2n) is 4.91. The monoisotopic (exact) mass is 230 g/mol. The number of amides is 1. The zero-order valence-electron chi connectivity index (χ0n) is 9.98. The van der Waals surface area contributed by atoms with E-state index in [1.165, 1.54) is 12.0 Å². The van der Waals surface area contributed by atoms with Gasteiger partial charge in [0.15, 0.2) is 0 Å². The molecule has 3 heteroatoms. The first-order valence-corrected chi connectivity index (χ1v) is 6.48. The van der Waals surface area contributed by atoms with Gasteiger partial charge in [-0.05, 0) is 30.9 Å². The molecule has 2 aliphatic heterocycles. The highest BCUT2D eigenvalue weighted by Gasteiger charge is 2.31. The topological polar surface area (TPSA) is 32.3 Å². The average Bonchev–Trinajstić information content (AvgIpc) is 2.83. The van der Waals surface area contributed by atoms with Crippen molar-refractivity contribution in [3.05, 3.63) is 29.8 Å². The highest BCUT2D eigenvalue weighted by Crippen LogP contribution is 2.32. The number of hydrogen-bond donors (Lipinski definition) is 1. The van der Waals surface area contributed by atoms with E-state index in [0.717, 1.165) is 38.2 Å². The van der Waals surface area contributed by atoms with Gasteiger partial charge in [-0.2, -0.15) is 0 Å². The van der Waals surface area contributed by atoms with Crippen LogP contribution in [0.4, 0.5) is 5.69 Å². The maximum absolute atomic E-state index is 12.4. The van der Waals surface area contributed by atoms with Gasteiger partial charge in [0, 0.05) is 25.3 Å². The average molecular weight is 230 g/mol. The third-order valence-corrected chi connectivity index (χ3v) is 3.80. The summed E-state index contributed by atoms with van der Waals surface area (Å²) < 4.78 is 0. The van der Waals surface area contributed by atoms with Crippen molar-refractivity contribution in [2.75, 3.05) is 25.0 Å². The van der Waals surface area contributed by atoms with Crippen molar-refractivity contribution in [3.8, 4) is 0 Å². The summed E-state index contributed by atoms with van der Waals surface area (Å²) >= 11 is 0. The van der Waals surface area contributed by atoms with Crippen molar-refractivity contribution in [3.63, 3.8) is 0 Å². The van der Waals surface area contributed by atoms with E-state index in [9.17, 15) is 4.79 Å². The number of carbonyl (C=O) groups excluding carboxylic acids is 1. The number of nitrogens with one attached hydrogen (secondary N) is 1. The molecule has 1 unspecified atom stereocenters. The standard InChI is InChI=1S/C14H18N2O/c17-14(16-8-4-1-5-9-16)12-10-15-13-7-3-2-6-11(12)13/h2-3,6-7,12,15H,1,4-5,8-10H2. The quantitative estimate of drug-likeness (QED) is 0.802.